The van der Waals surface area contributed by atoms with Gasteiger partial charge >= 0.3 is 0 Å². The molecule has 20 heavy (non-hydrogen) atoms. The summed E-state index contributed by atoms with van der Waals surface area (Å²) in [5.41, 5.74) is 4.68. The quantitative estimate of drug-likeness (QED) is 0.747. The lowest BCUT2D eigenvalue weighted by Crippen LogP contribution is -1.99. The average Bonchev–Trinajstić information content (AvgIpc) is 3.06. The number of ether oxygens (including phenoxy) is 1. The van der Waals surface area contributed by atoms with Crippen LogP contribution in [0.2, 0.25) is 0 Å². The van der Waals surface area contributed by atoms with Crippen molar-refractivity contribution in [1.29, 1.82) is 0 Å². The number of nitrogens with one attached hydrogen (secondary N) is 2. The summed E-state index contributed by atoms with van der Waals surface area (Å²) in [6.45, 7) is 3.92. The van der Waals surface area contributed by atoms with Crippen LogP contribution in [0.1, 0.15) is 16.7 Å². The number of pyridine rings is 1. The topological polar surface area (TPSA) is 49.9 Å². The number of H-pyrrole nitrogens is 1. The number of nitrogens with zero attached hydrogens (tertiary/aromatic N) is 1. The van der Waals surface area contributed by atoms with E-state index in [9.17, 15) is 0 Å². The second kappa shape index (κ2) is 4.35. The molecular formula is C16H15N3O. The number of benzene rings is 1. The Labute approximate surface area is 116 Å². The molecule has 0 saturated heterocycles. The molecule has 0 spiro atoms. The van der Waals surface area contributed by atoms with Crippen LogP contribution in [0.15, 0.2) is 36.7 Å². The van der Waals surface area contributed by atoms with Crippen molar-refractivity contribution in [3.63, 3.8) is 0 Å². The van der Waals surface area contributed by atoms with E-state index < -0.39 is 0 Å². The Balaban J connectivity index is 1.76. The third-order valence-corrected chi connectivity index (χ3v) is 3.77. The van der Waals surface area contributed by atoms with Crippen LogP contribution in [0.3, 0.4) is 0 Å². The summed E-state index contributed by atoms with van der Waals surface area (Å²) in [6.07, 6.45) is 3.72. The highest BCUT2D eigenvalue weighted by Gasteiger charge is 2.12. The van der Waals surface area contributed by atoms with Crippen LogP contribution < -0.4 is 10.1 Å². The van der Waals surface area contributed by atoms with Gasteiger partial charge in [-0.15, -0.1) is 0 Å². The second-order valence-corrected chi connectivity index (χ2v) is 5.14. The van der Waals surface area contributed by atoms with E-state index in [1.54, 1.807) is 6.20 Å². The van der Waals surface area contributed by atoms with Crippen molar-refractivity contribution in [1.82, 2.24) is 15.3 Å². The van der Waals surface area contributed by atoms with Gasteiger partial charge in [-0.2, -0.15) is 0 Å². The van der Waals surface area contributed by atoms with Gasteiger partial charge in [0, 0.05) is 25.5 Å². The lowest BCUT2D eigenvalue weighted by molar-refractivity contribution is 0.487. The molecule has 1 aromatic carbocycles. The van der Waals surface area contributed by atoms with Crippen LogP contribution in [0.25, 0.3) is 11.0 Å². The van der Waals surface area contributed by atoms with Gasteiger partial charge < -0.3 is 15.0 Å². The van der Waals surface area contributed by atoms with Crippen LogP contribution in [0.4, 0.5) is 0 Å². The molecule has 3 heterocycles. The average molecular weight is 265 g/mol. The van der Waals surface area contributed by atoms with Gasteiger partial charge in [0.15, 0.2) is 0 Å². The number of hydrogen-bond donors (Lipinski definition) is 2. The number of fused-ring (bicyclic) bond motifs is 2. The van der Waals surface area contributed by atoms with Crippen molar-refractivity contribution in [2.24, 2.45) is 0 Å². The van der Waals surface area contributed by atoms with E-state index in [1.165, 1.54) is 11.1 Å². The van der Waals surface area contributed by atoms with Crippen molar-refractivity contribution in [3.8, 4) is 11.5 Å². The molecule has 0 bridgehead atoms. The van der Waals surface area contributed by atoms with Crippen molar-refractivity contribution in [2.45, 2.75) is 20.0 Å². The molecule has 0 radical (unpaired) electrons. The second-order valence-electron chi connectivity index (χ2n) is 5.14. The Bertz CT molecular complexity index is 792. The lowest BCUT2D eigenvalue weighted by Gasteiger charge is -2.09. The molecule has 0 saturated carbocycles. The molecule has 4 rings (SSSR count). The standard InChI is InChI=1S/C16H15N3O/c1-10-7-19-16-15(10)14(4-5-18-16)20-13-3-2-11-8-17-9-12(11)6-13/h2-7,17H,8-9H2,1H3,(H,18,19). The minimum Gasteiger partial charge on any atom is -0.457 e. The summed E-state index contributed by atoms with van der Waals surface area (Å²) < 4.78 is 6.07. The summed E-state index contributed by atoms with van der Waals surface area (Å²) in [5.74, 6) is 1.72. The maximum atomic E-state index is 6.07. The first-order chi connectivity index (χ1) is 9.81. The van der Waals surface area contributed by atoms with Crippen LogP contribution in [0, 0.1) is 6.92 Å². The predicted molar refractivity (Wildman–Crippen MR) is 77.9 cm³/mol. The summed E-state index contributed by atoms with van der Waals surface area (Å²) in [7, 11) is 0. The van der Waals surface area contributed by atoms with Gasteiger partial charge in [0.25, 0.3) is 0 Å². The molecule has 1 aliphatic heterocycles. The van der Waals surface area contributed by atoms with Crippen LogP contribution >= 0.6 is 0 Å². The van der Waals surface area contributed by atoms with Crippen LogP contribution in [-0.2, 0) is 13.1 Å². The Morgan fingerprint density at radius 3 is 3.00 bits per heavy atom. The molecule has 1 aliphatic rings. The van der Waals surface area contributed by atoms with Gasteiger partial charge in [-0.05, 0) is 41.8 Å². The number of aromatic nitrogens is 2. The van der Waals surface area contributed by atoms with Crippen molar-refractivity contribution < 1.29 is 4.74 Å². The zero-order valence-electron chi connectivity index (χ0n) is 11.2. The van der Waals surface area contributed by atoms with Crippen molar-refractivity contribution >= 4 is 11.0 Å². The smallest absolute Gasteiger partial charge is 0.141 e. The van der Waals surface area contributed by atoms with E-state index >= 15 is 0 Å². The molecule has 0 fully saturated rings. The van der Waals surface area contributed by atoms with Crippen molar-refractivity contribution in [2.75, 3.05) is 0 Å². The fourth-order valence-electron chi connectivity index (χ4n) is 2.73. The molecule has 2 N–H and O–H groups in total. The number of aryl methyl sites for hydroxylation is 1. The first kappa shape index (κ1) is 11.5. The van der Waals surface area contributed by atoms with E-state index in [-0.39, 0.29) is 0 Å². The monoisotopic (exact) mass is 265 g/mol. The van der Waals surface area contributed by atoms with E-state index in [0.717, 1.165) is 41.2 Å². The molecule has 4 nitrogen and oxygen atoms in total. The summed E-state index contributed by atoms with van der Waals surface area (Å²) in [6, 6.07) is 8.19. The fraction of sp³-hybridized carbons (Fsp3) is 0.188. The number of hydrogen-bond acceptors (Lipinski definition) is 3. The summed E-state index contributed by atoms with van der Waals surface area (Å²) >= 11 is 0. The fourth-order valence-corrected chi connectivity index (χ4v) is 2.73. The zero-order chi connectivity index (χ0) is 13.5. The Morgan fingerprint density at radius 1 is 1.15 bits per heavy atom. The van der Waals surface area contributed by atoms with Gasteiger partial charge in [-0.1, -0.05) is 6.07 Å². The maximum Gasteiger partial charge on any atom is 0.141 e. The third kappa shape index (κ3) is 1.77. The maximum absolute atomic E-state index is 6.07. The highest BCUT2D eigenvalue weighted by molar-refractivity contribution is 5.86. The SMILES string of the molecule is Cc1c[nH]c2nccc(Oc3ccc4c(c3)CNC4)c12. The Hall–Kier alpha value is -2.33. The van der Waals surface area contributed by atoms with Crippen LogP contribution in [0.5, 0.6) is 11.5 Å². The largest absolute Gasteiger partial charge is 0.457 e. The molecule has 0 amide bonds. The molecule has 3 aromatic rings. The Kier molecular flexibility index (Phi) is 2.50. The van der Waals surface area contributed by atoms with Gasteiger partial charge in [0.05, 0.1) is 5.39 Å². The molecule has 100 valence electrons. The minimum atomic E-state index is 0.847. The predicted octanol–water partition coefficient (Wildman–Crippen LogP) is 3.27. The van der Waals surface area contributed by atoms with E-state index in [4.69, 9.17) is 4.74 Å². The van der Waals surface area contributed by atoms with E-state index in [0.29, 0.717) is 0 Å². The number of rotatable bonds is 2. The molecule has 0 atom stereocenters. The summed E-state index contributed by atoms with van der Waals surface area (Å²) in [5, 5.41) is 4.39. The van der Waals surface area contributed by atoms with Gasteiger partial charge in [0.1, 0.15) is 17.1 Å². The molecule has 0 unspecified atom stereocenters. The first-order valence-electron chi connectivity index (χ1n) is 6.74. The van der Waals surface area contributed by atoms with Gasteiger partial charge in [0.2, 0.25) is 0 Å². The first-order valence-corrected chi connectivity index (χ1v) is 6.74. The molecule has 2 aromatic heterocycles. The van der Waals surface area contributed by atoms with Crippen LogP contribution in [-0.4, -0.2) is 9.97 Å². The van der Waals surface area contributed by atoms with Gasteiger partial charge in [-0.3, -0.25) is 0 Å². The molecule has 4 heteroatoms. The Morgan fingerprint density at radius 2 is 2.05 bits per heavy atom. The molecule has 0 aliphatic carbocycles. The normalized spacial score (nSPS) is 13.7. The highest BCUT2D eigenvalue weighted by atomic mass is 16.5. The third-order valence-electron chi connectivity index (χ3n) is 3.77. The molecular weight excluding hydrogens is 250 g/mol. The minimum absolute atomic E-state index is 0.847. The zero-order valence-corrected chi connectivity index (χ0v) is 11.2. The number of aromatic amines is 1. The van der Waals surface area contributed by atoms with E-state index in [2.05, 4.69) is 34.3 Å². The highest BCUT2D eigenvalue weighted by Crippen LogP contribution is 2.32. The van der Waals surface area contributed by atoms with Crippen molar-refractivity contribution in [3.05, 3.63) is 53.3 Å². The summed E-state index contributed by atoms with van der Waals surface area (Å²) in [4.78, 5) is 7.47. The van der Waals surface area contributed by atoms with E-state index in [1.807, 2.05) is 18.3 Å². The van der Waals surface area contributed by atoms with Gasteiger partial charge in [-0.25, -0.2) is 4.98 Å². The lowest BCUT2D eigenvalue weighted by atomic mass is 10.1.